The Bertz CT molecular complexity index is 233. The van der Waals surface area contributed by atoms with Gasteiger partial charge in [0.05, 0.1) is 12.2 Å². The Hall–Kier alpha value is -0.570. The van der Waals surface area contributed by atoms with Gasteiger partial charge in [0.25, 0.3) is 0 Å². The van der Waals surface area contributed by atoms with Crippen LogP contribution in [0.2, 0.25) is 0 Å². The van der Waals surface area contributed by atoms with Crippen molar-refractivity contribution in [2.24, 2.45) is 0 Å². The maximum absolute atomic E-state index is 12.2. The number of amides is 1. The normalized spacial score (nSPS) is 27.6. The van der Waals surface area contributed by atoms with Gasteiger partial charge in [0.15, 0.2) is 0 Å². The molecule has 1 heterocycles. The molecule has 1 unspecified atom stereocenters. The van der Waals surface area contributed by atoms with Crippen molar-refractivity contribution < 1.29 is 4.79 Å². The molecule has 1 spiro atoms. The van der Waals surface area contributed by atoms with Crippen molar-refractivity contribution in [1.82, 2.24) is 10.2 Å². The molecule has 1 amide bonds. The average molecular weight is 196 g/mol. The molecule has 0 aromatic heterocycles. The van der Waals surface area contributed by atoms with E-state index >= 15 is 0 Å². The molecule has 2 fully saturated rings. The van der Waals surface area contributed by atoms with Gasteiger partial charge in [-0.2, -0.15) is 0 Å². The zero-order valence-corrected chi connectivity index (χ0v) is 9.18. The Morgan fingerprint density at radius 3 is 2.71 bits per heavy atom. The standard InChI is InChI=1S/C11H20N2O/c1-3-9(2)13-8-12-11(10(13)14)6-4-5-7-11/h9,12H,3-8H2,1-2H3. The summed E-state index contributed by atoms with van der Waals surface area (Å²) in [6, 6.07) is 0.384. The topological polar surface area (TPSA) is 32.3 Å². The first kappa shape index (κ1) is 9.97. The first-order valence-corrected chi connectivity index (χ1v) is 5.76. The molecule has 2 rings (SSSR count). The van der Waals surface area contributed by atoms with Gasteiger partial charge >= 0.3 is 0 Å². The van der Waals surface area contributed by atoms with Crippen LogP contribution >= 0.6 is 0 Å². The lowest BCUT2D eigenvalue weighted by Crippen LogP contribution is -2.45. The van der Waals surface area contributed by atoms with Gasteiger partial charge in [0.2, 0.25) is 5.91 Å². The first-order valence-electron chi connectivity index (χ1n) is 5.76. The van der Waals surface area contributed by atoms with E-state index in [9.17, 15) is 4.79 Å². The van der Waals surface area contributed by atoms with Crippen LogP contribution in [0.5, 0.6) is 0 Å². The van der Waals surface area contributed by atoms with Crippen LogP contribution in [0.25, 0.3) is 0 Å². The lowest BCUT2D eigenvalue weighted by Gasteiger charge is -2.25. The van der Waals surface area contributed by atoms with Crippen molar-refractivity contribution >= 4 is 5.91 Å². The fourth-order valence-corrected chi connectivity index (χ4v) is 2.60. The molecule has 1 N–H and O–H groups in total. The Kier molecular flexibility index (Phi) is 2.52. The second-order valence-corrected chi connectivity index (χ2v) is 4.66. The van der Waals surface area contributed by atoms with Crippen LogP contribution in [0.3, 0.4) is 0 Å². The highest BCUT2D eigenvalue weighted by atomic mass is 16.2. The van der Waals surface area contributed by atoms with Crippen molar-refractivity contribution in [3.63, 3.8) is 0 Å². The van der Waals surface area contributed by atoms with Gasteiger partial charge in [0, 0.05) is 6.04 Å². The largest absolute Gasteiger partial charge is 0.326 e. The van der Waals surface area contributed by atoms with Crippen LogP contribution in [0.1, 0.15) is 46.0 Å². The highest BCUT2D eigenvalue weighted by molar-refractivity contribution is 5.88. The molecule has 0 aromatic rings. The number of rotatable bonds is 2. The van der Waals surface area contributed by atoms with Crippen LogP contribution in [0.15, 0.2) is 0 Å². The van der Waals surface area contributed by atoms with E-state index in [-0.39, 0.29) is 5.54 Å². The quantitative estimate of drug-likeness (QED) is 0.725. The minimum atomic E-state index is -0.163. The molecule has 1 atom stereocenters. The molecule has 80 valence electrons. The summed E-state index contributed by atoms with van der Waals surface area (Å²) >= 11 is 0. The van der Waals surface area contributed by atoms with Crippen LogP contribution < -0.4 is 5.32 Å². The number of hydrogen-bond acceptors (Lipinski definition) is 2. The predicted octanol–water partition coefficient (Wildman–Crippen LogP) is 1.49. The molecule has 14 heavy (non-hydrogen) atoms. The highest BCUT2D eigenvalue weighted by Gasteiger charge is 2.48. The summed E-state index contributed by atoms with van der Waals surface area (Å²) in [5.41, 5.74) is -0.163. The second-order valence-electron chi connectivity index (χ2n) is 4.66. The lowest BCUT2D eigenvalue weighted by molar-refractivity contribution is -0.133. The van der Waals surface area contributed by atoms with Crippen LogP contribution in [0, 0.1) is 0 Å². The Labute approximate surface area is 85.8 Å². The third kappa shape index (κ3) is 1.34. The highest BCUT2D eigenvalue weighted by Crippen LogP contribution is 2.35. The summed E-state index contributed by atoms with van der Waals surface area (Å²) in [6.45, 7) is 5.03. The molecule has 3 heteroatoms. The van der Waals surface area contributed by atoms with Gasteiger partial charge in [-0.1, -0.05) is 19.8 Å². The molecular weight excluding hydrogens is 176 g/mol. The van der Waals surface area contributed by atoms with E-state index in [0.717, 1.165) is 25.9 Å². The van der Waals surface area contributed by atoms with E-state index < -0.39 is 0 Å². The average Bonchev–Trinajstić information content (AvgIpc) is 2.78. The summed E-state index contributed by atoms with van der Waals surface area (Å²) in [5, 5.41) is 3.42. The van der Waals surface area contributed by atoms with Gasteiger partial charge in [-0.15, -0.1) is 0 Å². The van der Waals surface area contributed by atoms with Crippen molar-refractivity contribution in [2.45, 2.75) is 57.5 Å². The molecule has 0 aromatic carbocycles. The fraction of sp³-hybridized carbons (Fsp3) is 0.909. The van der Waals surface area contributed by atoms with E-state index in [1.807, 2.05) is 4.90 Å². The summed E-state index contributed by atoms with van der Waals surface area (Å²) in [7, 11) is 0. The second kappa shape index (κ2) is 3.54. The number of carbonyl (C=O) groups excluding carboxylic acids is 1. The minimum Gasteiger partial charge on any atom is -0.326 e. The number of carbonyl (C=O) groups is 1. The van der Waals surface area contributed by atoms with Crippen LogP contribution in [-0.4, -0.2) is 29.1 Å². The van der Waals surface area contributed by atoms with E-state index in [2.05, 4.69) is 19.2 Å². The smallest absolute Gasteiger partial charge is 0.244 e. The first-order chi connectivity index (χ1) is 6.69. The molecular formula is C11H20N2O. The maximum Gasteiger partial charge on any atom is 0.244 e. The predicted molar refractivity (Wildman–Crippen MR) is 55.8 cm³/mol. The fourth-order valence-electron chi connectivity index (χ4n) is 2.60. The molecule has 0 radical (unpaired) electrons. The van der Waals surface area contributed by atoms with Gasteiger partial charge in [0.1, 0.15) is 0 Å². The molecule has 1 saturated carbocycles. The zero-order chi connectivity index (χ0) is 10.2. The lowest BCUT2D eigenvalue weighted by atomic mass is 9.97. The van der Waals surface area contributed by atoms with Crippen molar-refractivity contribution in [3.8, 4) is 0 Å². The Morgan fingerprint density at radius 1 is 1.50 bits per heavy atom. The SMILES string of the molecule is CCC(C)N1CNC2(CCCC2)C1=O. The molecule has 2 aliphatic rings. The summed E-state index contributed by atoms with van der Waals surface area (Å²) in [4.78, 5) is 14.2. The van der Waals surface area contributed by atoms with Crippen molar-refractivity contribution in [3.05, 3.63) is 0 Å². The van der Waals surface area contributed by atoms with Gasteiger partial charge < -0.3 is 4.90 Å². The number of nitrogens with one attached hydrogen (secondary N) is 1. The third-order valence-corrected chi connectivity index (χ3v) is 3.84. The zero-order valence-electron chi connectivity index (χ0n) is 9.18. The van der Waals surface area contributed by atoms with Crippen molar-refractivity contribution in [1.29, 1.82) is 0 Å². The maximum atomic E-state index is 12.2. The molecule has 0 bridgehead atoms. The Balaban J connectivity index is 2.10. The van der Waals surface area contributed by atoms with Crippen LogP contribution in [0.4, 0.5) is 0 Å². The summed E-state index contributed by atoms with van der Waals surface area (Å²) in [6.07, 6.45) is 5.53. The van der Waals surface area contributed by atoms with E-state index in [4.69, 9.17) is 0 Å². The van der Waals surface area contributed by atoms with E-state index in [1.54, 1.807) is 0 Å². The molecule has 1 aliphatic heterocycles. The summed E-state index contributed by atoms with van der Waals surface area (Å²) < 4.78 is 0. The number of nitrogens with zero attached hydrogens (tertiary/aromatic N) is 1. The van der Waals surface area contributed by atoms with Gasteiger partial charge in [-0.3, -0.25) is 10.1 Å². The Morgan fingerprint density at radius 2 is 2.14 bits per heavy atom. The molecule has 1 aliphatic carbocycles. The van der Waals surface area contributed by atoms with Crippen LogP contribution in [-0.2, 0) is 4.79 Å². The summed E-state index contributed by atoms with van der Waals surface area (Å²) in [5.74, 6) is 0.351. The molecule has 1 saturated heterocycles. The van der Waals surface area contributed by atoms with E-state index in [0.29, 0.717) is 11.9 Å². The molecule has 3 nitrogen and oxygen atoms in total. The van der Waals surface area contributed by atoms with E-state index in [1.165, 1.54) is 12.8 Å². The van der Waals surface area contributed by atoms with Gasteiger partial charge in [-0.05, 0) is 26.2 Å². The third-order valence-electron chi connectivity index (χ3n) is 3.84. The number of hydrogen-bond donors (Lipinski definition) is 1. The van der Waals surface area contributed by atoms with Gasteiger partial charge in [-0.25, -0.2) is 0 Å². The van der Waals surface area contributed by atoms with Crippen molar-refractivity contribution in [2.75, 3.05) is 6.67 Å². The minimum absolute atomic E-state index is 0.163. The monoisotopic (exact) mass is 196 g/mol.